The van der Waals surface area contributed by atoms with Crippen LogP contribution in [0.25, 0.3) is 0 Å². The van der Waals surface area contributed by atoms with Crippen molar-refractivity contribution >= 4 is 11.8 Å². The van der Waals surface area contributed by atoms with Crippen LogP contribution >= 0.6 is 0 Å². The third kappa shape index (κ3) is 2.92. The highest BCUT2D eigenvalue weighted by molar-refractivity contribution is 6.17. The molecule has 6 nitrogen and oxygen atoms in total. The van der Waals surface area contributed by atoms with E-state index in [4.69, 9.17) is 14.7 Å². The van der Waals surface area contributed by atoms with Gasteiger partial charge in [-0.1, -0.05) is 0 Å². The Morgan fingerprint density at radius 1 is 1.53 bits per heavy atom. The summed E-state index contributed by atoms with van der Waals surface area (Å²) in [4.78, 5) is 27.0. The van der Waals surface area contributed by atoms with Crippen molar-refractivity contribution in [3.8, 4) is 0 Å². The molecule has 1 unspecified atom stereocenters. The molecule has 0 aliphatic carbocycles. The zero-order valence-electron chi connectivity index (χ0n) is 9.85. The van der Waals surface area contributed by atoms with E-state index in [1.54, 1.807) is 6.92 Å². The minimum absolute atomic E-state index is 0.0208. The van der Waals surface area contributed by atoms with Crippen molar-refractivity contribution in [3.05, 3.63) is 23.5 Å². The quantitative estimate of drug-likeness (QED) is 0.199. The molecule has 1 aliphatic rings. The number of Topliss-reactive ketones (excluding diaryl/α,β-unsaturated/α-hetero) is 1. The first-order valence-corrected chi connectivity index (χ1v) is 5.06. The summed E-state index contributed by atoms with van der Waals surface area (Å²) >= 11 is 0. The third-order valence-corrected chi connectivity index (χ3v) is 2.11. The van der Waals surface area contributed by atoms with Crippen molar-refractivity contribution in [2.24, 2.45) is 0 Å². The molecule has 0 amide bonds. The molecule has 0 aromatic carbocycles. The normalized spacial score (nSPS) is 25.4. The van der Waals surface area contributed by atoms with Crippen LogP contribution in [0.4, 0.5) is 0 Å². The van der Waals surface area contributed by atoms with Gasteiger partial charge in [-0.15, -0.1) is 0 Å². The lowest BCUT2D eigenvalue weighted by Gasteiger charge is -2.19. The summed E-state index contributed by atoms with van der Waals surface area (Å²) in [6.07, 6.45) is 2.76. The molecule has 6 heteroatoms. The fraction of sp³-hybridized carbons (Fsp3) is 0.455. The Balaban J connectivity index is 3.05. The third-order valence-electron chi connectivity index (χ3n) is 2.11. The highest BCUT2D eigenvalue weighted by atomic mass is 17.1. The molecule has 0 bridgehead atoms. The number of carbonyl (C=O) groups excluding carboxylic acids is 2. The van der Waals surface area contributed by atoms with E-state index in [2.05, 4.69) is 4.89 Å². The number of allylic oxidation sites excluding steroid dienone is 1. The van der Waals surface area contributed by atoms with Crippen molar-refractivity contribution in [1.82, 2.24) is 0 Å². The zero-order valence-corrected chi connectivity index (χ0v) is 9.85. The Labute approximate surface area is 98.4 Å². The lowest BCUT2D eigenvalue weighted by molar-refractivity contribution is -0.364. The highest BCUT2D eigenvalue weighted by Crippen LogP contribution is 2.28. The SMILES string of the molecule is CCOC(=O)/C(C(C)=O)=C1\C=CC(C)(OO)O1. The van der Waals surface area contributed by atoms with Gasteiger partial charge in [0.05, 0.1) is 6.61 Å². The molecule has 1 atom stereocenters. The number of hydrogen-bond donors (Lipinski definition) is 1. The lowest BCUT2D eigenvalue weighted by Crippen LogP contribution is -2.25. The second kappa shape index (κ2) is 5.11. The molecule has 0 spiro atoms. The van der Waals surface area contributed by atoms with Crippen molar-refractivity contribution in [1.29, 1.82) is 0 Å². The van der Waals surface area contributed by atoms with Gasteiger partial charge in [0.15, 0.2) is 5.78 Å². The van der Waals surface area contributed by atoms with Crippen molar-refractivity contribution in [2.45, 2.75) is 26.6 Å². The minimum Gasteiger partial charge on any atom is -0.462 e. The predicted molar refractivity (Wildman–Crippen MR) is 56.7 cm³/mol. The van der Waals surface area contributed by atoms with Gasteiger partial charge in [-0.05, 0) is 26.0 Å². The van der Waals surface area contributed by atoms with E-state index in [0.717, 1.165) is 0 Å². The standard InChI is InChI=1S/C11H14O6/c1-4-15-10(13)9(7(2)12)8-5-6-11(3,16-8)17-14/h5-6,14H,4H2,1-3H3/b9-8+. The van der Waals surface area contributed by atoms with Gasteiger partial charge in [0.25, 0.3) is 5.79 Å². The molecule has 0 fully saturated rings. The van der Waals surface area contributed by atoms with E-state index in [9.17, 15) is 9.59 Å². The first kappa shape index (κ1) is 13.4. The van der Waals surface area contributed by atoms with Gasteiger partial charge in [-0.3, -0.25) is 4.79 Å². The van der Waals surface area contributed by atoms with Crippen molar-refractivity contribution in [2.75, 3.05) is 6.61 Å². The second-order valence-corrected chi connectivity index (χ2v) is 3.56. The molecule has 1 heterocycles. The van der Waals surface area contributed by atoms with E-state index in [1.807, 2.05) is 0 Å². The minimum atomic E-state index is -1.39. The summed E-state index contributed by atoms with van der Waals surface area (Å²) in [5.74, 6) is -2.61. The van der Waals surface area contributed by atoms with Crippen LogP contribution in [0.1, 0.15) is 20.8 Å². The Bertz CT molecular complexity index is 395. The Morgan fingerprint density at radius 2 is 2.18 bits per heavy atom. The topological polar surface area (TPSA) is 82.1 Å². The van der Waals surface area contributed by atoms with E-state index < -0.39 is 17.5 Å². The Hall–Kier alpha value is -1.66. The average Bonchev–Trinajstić information content (AvgIpc) is 2.62. The van der Waals surface area contributed by atoms with Crippen molar-refractivity contribution < 1.29 is 29.2 Å². The summed E-state index contributed by atoms with van der Waals surface area (Å²) in [6, 6.07) is 0. The molecule has 0 saturated carbocycles. The molecule has 17 heavy (non-hydrogen) atoms. The molecule has 0 radical (unpaired) electrons. The van der Waals surface area contributed by atoms with Crippen LogP contribution in [0.5, 0.6) is 0 Å². The maximum absolute atomic E-state index is 11.6. The number of esters is 1. The van der Waals surface area contributed by atoms with Crippen LogP contribution in [0.2, 0.25) is 0 Å². The average molecular weight is 242 g/mol. The molecular weight excluding hydrogens is 228 g/mol. The number of hydrogen-bond acceptors (Lipinski definition) is 6. The first-order valence-electron chi connectivity index (χ1n) is 5.06. The van der Waals surface area contributed by atoms with Crippen molar-refractivity contribution in [3.63, 3.8) is 0 Å². The zero-order chi connectivity index (χ0) is 13.1. The van der Waals surface area contributed by atoms with Gasteiger partial charge in [-0.25, -0.2) is 10.1 Å². The number of ether oxygens (including phenoxy) is 2. The maximum Gasteiger partial charge on any atom is 0.345 e. The first-order chi connectivity index (χ1) is 7.93. The van der Waals surface area contributed by atoms with Gasteiger partial charge in [0.2, 0.25) is 0 Å². The lowest BCUT2D eigenvalue weighted by atomic mass is 10.1. The molecule has 0 saturated heterocycles. The van der Waals surface area contributed by atoms with Gasteiger partial charge < -0.3 is 9.47 Å². The summed E-state index contributed by atoms with van der Waals surface area (Å²) in [5.41, 5.74) is -0.205. The van der Waals surface area contributed by atoms with Crippen LogP contribution < -0.4 is 0 Å². The molecule has 0 aromatic heterocycles. The predicted octanol–water partition coefficient (Wildman–Crippen LogP) is 1.18. The summed E-state index contributed by atoms with van der Waals surface area (Å²) in [6.45, 7) is 4.44. The van der Waals surface area contributed by atoms with Crippen LogP contribution in [-0.2, 0) is 24.0 Å². The summed E-state index contributed by atoms with van der Waals surface area (Å²) in [5, 5.41) is 8.61. The fourth-order valence-corrected chi connectivity index (χ4v) is 1.32. The molecule has 1 rings (SSSR count). The summed E-state index contributed by atoms with van der Waals surface area (Å²) < 4.78 is 9.91. The van der Waals surface area contributed by atoms with Gasteiger partial charge >= 0.3 is 5.97 Å². The van der Waals surface area contributed by atoms with Gasteiger partial charge in [0, 0.05) is 6.92 Å². The monoisotopic (exact) mass is 242 g/mol. The molecule has 94 valence electrons. The molecule has 1 aliphatic heterocycles. The largest absolute Gasteiger partial charge is 0.462 e. The van der Waals surface area contributed by atoms with E-state index >= 15 is 0 Å². The van der Waals surface area contributed by atoms with E-state index in [-0.39, 0.29) is 17.9 Å². The summed E-state index contributed by atoms with van der Waals surface area (Å²) in [7, 11) is 0. The van der Waals surface area contributed by atoms with Crippen LogP contribution in [-0.4, -0.2) is 29.4 Å². The number of ketones is 1. The molecule has 0 aromatic rings. The van der Waals surface area contributed by atoms with Crippen LogP contribution in [0, 0.1) is 0 Å². The molecular formula is C11H14O6. The van der Waals surface area contributed by atoms with Crippen LogP contribution in [0.15, 0.2) is 23.5 Å². The number of rotatable bonds is 4. The Kier molecular flexibility index (Phi) is 4.03. The van der Waals surface area contributed by atoms with Crippen LogP contribution in [0.3, 0.4) is 0 Å². The fourth-order valence-electron chi connectivity index (χ4n) is 1.32. The maximum atomic E-state index is 11.6. The molecule has 1 N–H and O–H groups in total. The second-order valence-electron chi connectivity index (χ2n) is 3.56. The highest BCUT2D eigenvalue weighted by Gasteiger charge is 2.34. The Morgan fingerprint density at radius 3 is 2.59 bits per heavy atom. The number of carbonyl (C=O) groups is 2. The van der Waals surface area contributed by atoms with E-state index in [1.165, 1.54) is 26.0 Å². The van der Waals surface area contributed by atoms with Gasteiger partial charge in [-0.2, -0.15) is 4.89 Å². The van der Waals surface area contributed by atoms with Gasteiger partial charge in [0.1, 0.15) is 11.3 Å². The van der Waals surface area contributed by atoms with E-state index in [0.29, 0.717) is 0 Å². The smallest absolute Gasteiger partial charge is 0.345 e.